The van der Waals surface area contributed by atoms with Crippen LogP contribution >= 0.6 is 23.1 Å². The molecule has 5 aromatic rings. The number of fused-ring (bicyclic) bond motifs is 1. The molecule has 2 N–H and O–H groups in total. The fraction of sp³-hybridized carbons (Fsp3) is 0.136. The Morgan fingerprint density at radius 2 is 2.12 bits per heavy atom. The molecule has 10 heteroatoms. The van der Waals surface area contributed by atoms with Crippen LogP contribution in [-0.2, 0) is 12.3 Å². The van der Waals surface area contributed by atoms with E-state index in [9.17, 15) is 4.39 Å². The summed E-state index contributed by atoms with van der Waals surface area (Å²) < 4.78 is 26.6. The summed E-state index contributed by atoms with van der Waals surface area (Å²) in [5.41, 5.74) is 7.87. The fourth-order valence-corrected chi connectivity index (χ4v) is 5.27. The van der Waals surface area contributed by atoms with Crippen LogP contribution < -0.4 is 10.5 Å². The largest absolute Gasteiger partial charge is 0.494 e. The molecule has 0 aliphatic rings. The number of nitrogens with zero attached hydrogens (tertiary/aromatic N) is 4. The summed E-state index contributed by atoms with van der Waals surface area (Å²) in [6, 6.07) is 12.5. The van der Waals surface area contributed by atoms with Gasteiger partial charge in [-0.25, -0.2) is 9.37 Å². The van der Waals surface area contributed by atoms with Crippen molar-refractivity contribution in [2.75, 3.05) is 12.8 Å². The number of benzene rings is 1. The maximum Gasteiger partial charge on any atom is 0.192 e. The van der Waals surface area contributed by atoms with Gasteiger partial charge in [0.15, 0.2) is 22.5 Å². The van der Waals surface area contributed by atoms with E-state index in [-0.39, 0.29) is 5.75 Å². The van der Waals surface area contributed by atoms with Gasteiger partial charge >= 0.3 is 0 Å². The standard InChI is InChI=1S/C22H18FN5O2S2/c1-29-17-7-6-13(10-16(17)23)12-31-22-27-26-20(28(22)11-14-4-3-9-30-14)19-18(24)15-5-2-8-25-21(15)32-19/h2-10H,11-12,24H2,1H3. The average molecular weight is 468 g/mol. The number of hydrogen-bond donors (Lipinski definition) is 1. The van der Waals surface area contributed by atoms with Crippen molar-refractivity contribution in [2.45, 2.75) is 17.5 Å². The van der Waals surface area contributed by atoms with Crippen molar-refractivity contribution in [3.8, 4) is 16.5 Å². The van der Waals surface area contributed by atoms with Gasteiger partial charge in [0, 0.05) is 17.3 Å². The van der Waals surface area contributed by atoms with Gasteiger partial charge in [0.1, 0.15) is 10.6 Å². The lowest BCUT2D eigenvalue weighted by atomic mass is 10.2. The molecule has 0 amide bonds. The lowest BCUT2D eigenvalue weighted by Gasteiger charge is -2.09. The van der Waals surface area contributed by atoms with Crippen molar-refractivity contribution in [1.29, 1.82) is 0 Å². The summed E-state index contributed by atoms with van der Waals surface area (Å²) in [5.74, 6) is 1.75. The number of ether oxygens (including phenoxy) is 1. The van der Waals surface area contributed by atoms with Gasteiger partial charge in [-0.05, 0) is 42.0 Å². The lowest BCUT2D eigenvalue weighted by Crippen LogP contribution is -2.04. The quantitative estimate of drug-likeness (QED) is 0.328. The van der Waals surface area contributed by atoms with Crippen LogP contribution in [0.15, 0.2) is 64.5 Å². The van der Waals surface area contributed by atoms with Gasteiger partial charge in [-0.3, -0.25) is 4.57 Å². The summed E-state index contributed by atoms with van der Waals surface area (Å²) in [6.07, 6.45) is 3.37. The number of hydrogen-bond acceptors (Lipinski definition) is 8. The van der Waals surface area contributed by atoms with Crippen molar-refractivity contribution in [1.82, 2.24) is 19.7 Å². The highest BCUT2D eigenvalue weighted by molar-refractivity contribution is 7.98. The third-order valence-electron chi connectivity index (χ3n) is 4.90. The van der Waals surface area contributed by atoms with Crippen molar-refractivity contribution in [3.63, 3.8) is 0 Å². The molecule has 0 saturated heterocycles. The molecule has 0 unspecified atom stereocenters. The van der Waals surface area contributed by atoms with Gasteiger partial charge < -0.3 is 14.9 Å². The molecular weight excluding hydrogens is 449 g/mol. The third-order valence-corrected chi connectivity index (χ3v) is 7.07. The van der Waals surface area contributed by atoms with E-state index in [4.69, 9.17) is 14.9 Å². The Bertz CT molecular complexity index is 1380. The molecule has 0 atom stereocenters. The molecule has 0 aliphatic heterocycles. The van der Waals surface area contributed by atoms with Crippen molar-refractivity contribution in [2.24, 2.45) is 0 Å². The summed E-state index contributed by atoms with van der Waals surface area (Å²) in [6.45, 7) is 0.440. The number of thioether (sulfide) groups is 1. The number of aromatic nitrogens is 4. The van der Waals surface area contributed by atoms with E-state index in [1.807, 2.05) is 34.9 Å². The number of furan rings is 1. The average Bonchev–Trinajstić information content (AvgIpc) is 3.53. The second-order valence-electron chi connectivity index (χ2n) is 6.93. The molecule has 32 heavy (non-hydrogen) atoms. The normalized spacial score (nSPS) is 11.3. The Morgan fingerprint density at radius 3 is 2.88 bits per heavy atom. The molecule has 0 aliphatic carbocycles. The molecule has 1 aromatic carbocycles. The smallest absolute Gasteiger partial charge is 0.192 e. The molecule has 0 saturated carbocycles. The zero-order valence-corrected chi connectivity index (χ0v) is 18.6. The lowest BCUT2D eigenvalue weighted by molar-refractivity contribution is 0.386. The van der Waals surface area contributed by atoms with Crippen molar-refractivity contribution < 1.29 is 13.5 Å². The van der Waals surface area contributed by atoms with E-state index in [1.54, 1.807) is 18.5 Å². The minimum absolute atomic E-state index is 0.218. The highest BCUT2D eigenvalue weighted by Gasteiger charge is 2.21. The molecule has 4 aromatic heterocycles. The van der Waals surface area contributed by atoms with Crippen LogP contribution in [0.3, 0.4) is 0 Å². The molecule has 7 nitrogen and oxygen atoms in total. The first-order chi connectivity index (χ1) is 15.6. The Morgan fingerprint density at radius 1 is 1.22 bits per heavy atom. The Balaban J connectivity index is 1.50. The Hall–Kier alpha value is -3.37. The van der Waals surface area contributed by atoms with Crippen LogP contribution in [0.25, 0.3) is 20.9 Å². The van der Waals surface area contributed by atoms with E-state index < -0.39 is 5.82 Å². The van der Waals surface area contributed by atoms with Crippen LogP contribution in [0, 0.1) is 5.82 Å². The Kier molecular flexibility index (Phi) is 5.54. The summed E-state index contributed by atoms with van der Waals surface area (Å²) in [5, 5.41) is 10.4. The van der Waals surface area contributed by atoms with Crippen LogP contribution in [0.5, 0.6) is 5.75 Å². The molecule has 0 radical (unpaired) electrons. The molecule has 0 spiro atoms. The summed E-state index contributed by atoms with van der Waals surface area (Å²) in [7, 11) is 1.45. The highest BCUT2D eigenvalue weighted by Crippen LogP contribution is 2.40. The second kappa shape index (κ2) is 8.64. The number of thiophene rings is 1. The SMILES string of the molecule is COc1ccc(CSc2nnc(-c3sc4ncccc4c3N)n2Cc2ccco2)cc1F. The topological polar surface area (TPSA) is 92.0 Å². The van der Waals surface area contributed by atoms with Crippen LogP contribution in [-0.4, -0.2) is 26.9 Å². The fourth-order valence-electron chi connectivity index (χ4n) is 3.33. The van der Waals surface area contributed by atoms with Gasteiger partial charge in [0.25, 0.3) is 0 Å². The van der Waals surface area contributed by atoms with Gasteiger partial charge in [-0.2, -0.15) is 0 Å². The van der Waals surface area contributed by atoms with Gasteiger partial charge in [0.05, 0.1) is 30.5 Å². The third kappa shape index (κ3) is 3.82. The maximum absolute atomic E-state index is 14.1. The van der Waals surface area contributed by atoms with Gasteiger partial charge in [-0.15, -0.1) is 21.5 Å². The first-order valence-electron chi connectivity index (χ1n) is 9.68. The minimum atomic E-state index is -0.395. The number of nitrogens with two attached hydrogens (primary N) is 1. The predicted octanol–water partition coefficient (Wildman–Crippen LogP) is 5.22. The van der Waals surface area contributed by atoms with Crippen LogP contribution in [0.1, 0.15) is 11.3 Å². The van der Waals surface area contributed by atoms with Crippen molar-refractivity contribution in [3.05, 3.63) is 72.1 Å². The van der Waals surface area contributed by atoms with Gasteiger partial charge in [0.2, 0.25) is 0 Å². The van der Waals surface area contributed by atoms with E-state index >= 15 is 0 Å². The second-order valence-corrected chi connectivity index (χ2v) is 8.87. The van der Waals surface area contributed by atoms with Gasteiger partial charge in [-0.1, -0.05) is 17.8 Å². The first kappa shape index (κ1) is 20.5. The maximum atomic E-state index is 14.1. The Labute approximate surface area is 191 Å². The highest BCUT2D eigenvalue weighted by atomic mass is 32.2. The number of rotatable bonds is 7. The zero-order valence-electron chi connectivity index (χ0n) is 17.0. The number of pyridine rings is 1. The number of anilines is 1. The number of methoxy groups -OCH3 is 1. The number of halogens is 1. The summed E-state index contributed by atoms with van der Waals surface area (Å²) >= 11 is 2.94. The molecule has 162 valence electrons. The van der Waals surface area contributed by atoms with E-state index in [1.165, 1.54) is 36.3 Å². The predicted molar refractivity (Wildman–Crippen MR) is 123 cm³/mol. The molecule has 4 heterocycles. The first-order valence-corrected chi connectivity index (χ1v) is 11.5. The van der Waals surface area contributed by atoms with Crippen LogP contribution in [0.2, 0.25) is 0 Å². The molecule has 0 bridgehead atoms. The number of nitrogen functional groups attached to an aromatic ring is 1. The van der Waals surface area contributed by atoms with Crippen LogP contribution in [0.4, 0.5) is 10.1 Å². The van der Waals surface area contributed by atoms with E-state index in [2.05, 4.69) is 15.2 Å². The monoisotopic (exact) mass is 467 g/mol. The zero-order chi connectivity index (χ0) is 22.1. The molecule has 5 rings (SSSR count). The van der Waals surface area contributed by atoms with E-state index in [0.717, 1.165) is 26.4 Å². The molecule has 0 fully saturated rings. The van der Waals surface area contributed by atoms with Crippen molar-refractivity contribution >= 4 is 39.0 Å². The summed E-state index contributed by atoms with van der Waals surface area (Å²) in [4.78, 5) is 6.06. The van der Waals surface area contributed by atoms with E-state index in [0.29, 0.717) is 29.0 Å². The minimum Gasteiger partial charge on any atom is -0.494 e. The molecular formula is C22H18FN5O2S2.